The molecule has 314 valence electrons. The highest BCUT2D eigenvalue weighted by molar-refractivity contribution is 7.45. The normalized spacial score (nSPS) is 14.6. The number of carbonyl (C=O) groups is 1. The Morgan fingerprint density at radius 3 is 1.57 bits per heavy atom. The summed E-state index contributed by atoms with van der Waals surface area (Å²) in [6, 6.07) is -0.827. The average molecular weight is 771 g/mol. The van der Waals surface area contributed by atoms with Gasteiger partial charge < -0.3 is 28.8 Å². The van der Waals surface area contributed by atoms with Crippen molar-refractivity contribution in [2.24, 2.45) is 0 Å². The van der Waals surface area contributed by atoms with Crippen LogP contribution in [0, 0.1) is 0 Å². The van der Waals surface area contributed by atoms with Gasteiger partial charge in [-0.05, 0) is 32.1 Å². The zero-order chi connectivity index (χ0) is 39.3. The molecular formula is C44H87N2O6P. The molecule has 53 heavy (non-hydrogen) atoms. The fraction of sp³-hybridized carbons (Fsp3) is 0.886. The molecular weight excluding hydrogens is 683 g/mol. The number of aliphatic hydroxyl groups excluding tert-OH is 1. The highest BCUT2D eigenvalue weighted by atomic mass is 31.2. The number of carbonyl (C=O) groups excluding carboxylic acids is 1. The Hall–Kier alpha value is -1.02. The van der Waals surface area contributed by atoms with E-state index in [4.69, 9.17) is 9.05 Å². The molecule has 3 atom stereocenters. The number of likely N-dealkylation sites (N-methyl/N-ethyl adjacent to an activating group) is 1. The lowest BCUT2D eigenvalue weighted by Gasteiger charge is -2.30. The number of rotatable bonds is 40. The van der Waals surface area contributed by atoms with Gasteiger partial charge in [-0.25, -0.2) is 0 Å². The minimum absolute atomic E-state index is 0.00371. The molecule has 0 saturated carbocycles. The Morgan fingerprint density at radius 2 is 1.09 bits per heavy atom. The number of quaternary nitrogens is 1. The van der Waals surface area contributed by atoms with E-state index in [1.807, 2.05) is 27.2 Å². The maximum Gasteiger partial charge on any atom is 0.268 e. The molecule has 9 heteroatoms. The molecule has 0 saturated heterocycles. The molecule has 0 aromatic heterocycles. The van der Waals surface area contributed by atoms with Gasteiger partial charge in [0.1, 0.15) is 13.2 Å². The van der Waals surface area contributed by atoms with E-state index in [-0.39, 0.29) is 25.5 Å². The lowest BCUT2D eigenvalue weighted by molar-refractivity contribution is -0.870. The van der Waals surface area contributed by atoms with Crippen LogP contribution in [0.1, 0.15) is 200 Å². The van der Waals surface area contributed by atoms with E-state index in [1.165, 1.54) is 135 Å². The molecule has 1 amide bonds. The second-order valence-electron chi connectivity index (χ2n) is 16.4. The smallest absolute Gasteiger partial charge is 0.268 e. The maximum absolute atomic E-state index is 12.8. The first-order chi connectivity index (χ1) is 25.5. The predicted molar refractivity (Wildman–Crippen MR) is 224 cm³/mol. The largest absolute Gasteiger partial charge is 0.756 e. The van der Waals surface area contributed by atoms with Gasteiger partial charge in [-0.1, -0.05) is 186 Å². The summed E-state index contributed by atoms with van der Waals surface area (Å²) in [5, 5.41) is 13.8. The zero-order valence-corrected chi connectivity index (χ0v) is 36.4. The Morgan fingerprint density at radius 1 is 0.660 bits per heavy atom. The number of nitrogens with zero attached hydrogens (tertiary/aromatic N) is 1. The molecule has 0 aromatic rings. The third-order valence-electron chi connectivity index (χ3n) is 9.96. The molecule has 0 aliphatic carbocycles. The summed E-state index contributed by atoms with van der Waals surface area (Å²) in [7, 11) is 1.28. The number of nitrogens with one attached hydrogen (secondary N) is 1. The zero-order valence-electron chi connectivity index (χ0n) is 35.5. The lowest BCUT2D eigenvalue weighted by Crippen LogP contribution is -2.46. The summed E-state index contributed by atoms with van der Waals surface area (Å²) in [6.07, 6.45) is 42.0. The third kappa shape index (κ3) is 39.0. The van der Waals surface area contributed by atoms with Crippen molar-refractivity contribution in [1.29, 1.82) is 0 Å². The minimum atomic E-state index is -4.57. The number of hydrogen-bond donors (Lipinski definition) is 2. The Kier molecular flexibility index (Phi) is 35.9. The molecule has 0 spiro atoms. The van der Waals surface area contributed by atoms with Crippen LogP contribution in [0.2, 0.25) is 0 Å². The highest BCUT2D eigenvalue weighted by Crippen LogP contribution is 2.38. The summed E-state index contributed by atoms with van der Waals surface area (Å²) in [5.74, 6) is -0.231. The molecule has 0 radical (unpaired) electrons. The molecule has 0 aliphatic heterocycles. The molecule has 0 heterocycles. The highest BCUT2D eigenvalue weighted by Gasteiger charge is 2.24. The fourth-order valence-electron chi connectivity index (χ4n) is 6.38. The molecule has 0 fully saturated rings. The van der Waals surface area contributed by atoms with Crippen molar-refractivity contribution < 1.29 is 32.9 Å². The van der Waals surface area contributed by atoms with E-state index in [2.05, 4.69) is 37.4 Å². The maximum atomic E-state index is 12.8. The van der Waals surface area contributed by atoms with E-state index in [0.29, 0.717) is 23.9 Å². The van der Waals surface area contributed by atoms with Gasteiger partial charge in [0.05, 0.1) is 39.9 Å². The van der Waals surface area contributed by atoms with E-state index < -0.39 is 20.0 Å². The number of hydrogen-bond acceptors (Lipinski definition) is 6. The van der Waals surface area contributed by atoms with Crippen LogP contribution in [0.5, 0.6) is 0 Å². The van der Waals surface area contributed by atoms with E-state index in [1.54, 1.807) is 0 Å². The van der Waals surface area contributed by atoms with E-state index >= 15 is 0 Å². The first-order valence-corrected chi connectivity index (χ1v) is 23.6. The second kappa shape index (κ2) is 36.6. The quantitative estimate of drug-likeness (QED) is 0.0278. The van der Waals surface area contributed by atoms with Crippen molar-refractivity contribution in [3.05, 3.63) is 24.3 Å². The van der Waals surface area contributed by atoms with Crippen molar-refractivity contribution in [3.63, 3.8) is 0 Å². The molecule has 0 aromatic carbocycles. The van der Waals surface area contributed by atoms with Crippen molar-refractivity contribution in [3.8, 4) is 0 Å². The molecule has 0 rings (SSSR count). The standard InChI is InChI=1S/C44H87N2O6P/c1-6-8-10-12-14-16-18-20-21-22-23-24-26-27-29-31-33-35-37-43(47)42(41-52-53(49,50)51-40-39-46(3,4)5)45-44(48)38-36-34-32-30-28-25-19-17-15-13-11-9-7-2/h25,28,32,34,42-43,47H,6-24,26-27,29-31,33,35-41H2,1-5H3,(H-,45,48,49,50)/b28-25-,34-32-. The SMILES string of the molecule is CCCCCCCC/C=C\C/C=C\CCC(=O)NC(COP(=O)([O-])OCC[N+](C)(C)C)C(O)CCCCCCCCCCCCCCCCCCCC. The van der Waals surface area contributed by atoms with Crippen LogP contribution in [-0.4, -0.2) is 68.5 Å². The minimum Gasteiger partial charge on any atom is -0.756 e. The fourth-order valence-corrected chi connectivity index (χ4v) is 7.11. The van der Waals surface area contributed by atoms with Crippen LogP contribution in [0.25, 0.3) is 0 Å². The first-order valence-electron chi connectivity index (χ1n) is 22.2. The molecule has 8 nitrogen and oxygen atoms in total. The van der Waals surface area contributed by atoms with Crippen LogP contribution < -0.4 is 10.2 Å². The summed E-state index contributed by atoms with van der Waals surface area (Å²) < 4.78 is 23.2. The van der Waals surface area contributed by atoms with Crippen LogP contribution >= 0.6 is 7.82 Å². The monoisotopic (exact) mass is 771 g/mol. The number of amides is 1. The van der Waals surface area contributed by atoms with Gasteiger partial charge in [-0.2, -0.15) is 0 Å². The summed E-state index contributed by atoms with van der Waals surface area (Å²) in [6.45, 7) is 4.67. The van der Waals surface area contributed by atoms with Gasteiger partial charge in [-0.3, -0.25) is 9.36 Å². The number of aliphatic hydroxyl groups is 1. The van der Waals surface area contributed by atoms with Gasteiger partial charge in [0.2, 0.25) is 5.91 Å². The van der Waals surface area contributed by atoms with Crippen molar-refractivity contribution in [2.75, 3.05) is 40.9 Å². The van der Waals surface area contributed by atoms with Crippen LogP contribution in [0.3, 0.4) is 0 Å². The summed E-state index contributed by atoms with van der Waals surface area (Å²) in [4.78, 5) is 25.2. The Bertz CT molecular complexity index is 922. The summed E-state index contributed by atoms with van der Waals surface area (Å²) >= 11 is 0. The average Bonchev–Trinajstić information content (AvgIpc) is 3.10. The lowest BCUT2D eigenvalue weighted by atomic mass is 10.0. The Balaban J connectivity index is 4.41. The van der Waals surface area contributed by atoms with E-state index in [0.717, 1.165) is 32.1 Å². The van der Waals surface area contributed by atoms with Gasteiger partial charge in [-0.15, -0.1) is 0 Å². The molecule has 0 bridgehead atoms. The van der Waals surface area contributed by atoms with Crippen molar-refractivity contribution >= 4 is 13.7 Å². The second-order valence-corrected chi connectivity index (χ2v) is 17.8. The Labute approximate surface area is 328 Å². The summed E-state index contributed by atoms with van der Waals surface area (Å²) in [5.41, 5.74) is 0. The molecule has 2 N–H and O–H groups in total. The van der Waals surface area contributed by atoms with E-state index in [9.17, 15) is 19.4 Å². The predicted octanol–water partition coefficient (Wildman–Crippen LogP) is 11.5. The molecule has 0 aliphatic rings. The number of unbranched alkanes of at least 4 members (excludes halogenated alkanes) is 23. The third-order valence-corrected chi connectivity index (χ3v) is 10.9. The van der Waals surface area contributed by atoms with Crippen LogP contribution in [0.15, 0.2) is 24.3 Å². The number of phosphoric ester groups is 1. The van der Waals surface area contributed by atoms with Crippen LogP contribution in [-0.2, 0) is 18.4 Å². The van der Waals surface area contributed by atoms with Crippen molar-refractivity contribution in [1.82, 2.24) is 5.32 Å². The number of allylic oxidation sites excluding steroid dienone is 4. The molecule has 3 unspecified atom stereocenters. The van der Waals surface area contributed by atoms with Gasteiger partial charge in [0, 0.05) is 6.42 Å². The van der Waals surface area contributed by atoms with Crippen LogP contribution in [0.4, 0.5) is 0 Å². The number of phosphoric acid groups is 1. The first kappa shape index (κ1) is 52.0. The van der Waals surface area contributed by atoms with Gasteiger partial charge in [0.25, 0.3) is 7.82 Å². The van der Waals surface area contributed by atoms with Gasteiger partial charge >= 0.3 is 0 Å². The topological polar surface area (TPSA) is 108 Å². The van der Waals surface area contributed by atoms with Crippen molar-refractivity contribution in [2.45, 2.75) is 212 Å². The van der Waals surface area contributed by atoms with Gasteiger partial charge in [0.15, 0.2) is 0 Å².